The number of nitrogens with two attached hydrogens (primary N) is 1. The highest BCUT2D eigenvalue weighted by atomic mass is 32.2. The van der Waals surface area contributed by atoms with Gasteiger partial charge in [0.05, 0.1) is 10.5 Å². The number of carbonyl (C=O) groups is 2. The molecule has 28 heavy (non-hydrogen) atoms. The molecule has 3 rings (SSSR count). The van der Waals surface area contributed by atoms with Crippen LogP contribution in [0.3, 0.4) is 0 Å². The molecule has 0 spiro atoms. The topological polar surface area (TPSA) is 118 Å². The van der Waals surface area contributed by atoms with Crippen LogP contribution in [0.25, 0.3) is 0 Å². The summed E-state index contributed by atoms with van der Waals surface area (Å²) in [5, 5.41) is 4.55. The standard InChI is InChI=1S/C18H14FN3O4S2/c19-12-3-7-14(8-4-12)28(25,26)22-13-5-1-11(2-6-13)17(24)21-18-15(16(20)23)9-10-27-18/h1-10,22H,(H2,20,23)(H,21,24). The van der Waals surface area contributed by atoms with Crippen molar-refractivity contribution in [2.45, 2.75) is 4.90 Å². The number of carbonyl (C=O) groups excluding carboxylic acids is 2. The lowest BCUT2D eigenvalue weighted by Crippen LogP contribution is -2.16. The first-order valence-corrected chi connectivity index (χ1v) is 10.2. The second-order valence-electron chi connectivity index (χ2n) is 5.62. The molecule has 1 heterocycles. The summed E-state index contributed by atoms with van der Waals surface area (Å²) < 4.78 is 39.9. The lowest BCUT2D eigenvalue weighted by molar-refractivity contribution is 0.100. The number of rotatable bonds is 6. The van der Waals surface area contributed by atoms with Crippen LogP contribution in [0.2, 0.25) is 0 Å². The highest BCUT2D eigenvalue weighted by Crippen LogP contribution is 2.24. The minimum atomic E-state index is -3.89. The van der Waals surface area contributed by atoms with Crippen LogP contribution in [0.15, 0.2) is 64.9 Å². The van der Waals surface area contributed by atoms with Gasteiger partial charge in [-0.15, -0.1) is 11.3 Å². The molecule has 144 valence electrons. The fraction of sp³-hybridized carbons (Fsp3) is 0. The monoisotopic (exact) mass is 419 g/mol. The second kappa shape index (κ2) is 7.79. The van der Waals surface area contributed by atoms with E-state index in [1.54, 1.807) is 5.38 Å². The van der Waals surface area contributed by atoms with E-state index in [4.69, 9.17) is 5.73 Å². The van der Waals surface area contributed by atoms with Gasteiger partial charge in [0.25, 0.3) is 21.8 Å². The van der Waals surface area contributed by atoms with Crippen molar-refractivity contribution in [3.63, 3.8) is 0 Å². The molecule has 1 aromatic heterocycles. The number of halogens is 1. The van der Waals surface area contributed by atoms with Gasteiger partial charge < -0.3 is 11.1 Å². The lowest BCUT2D eigenvalue weighted by Gasteiger charge is -2.09. The highest BCUT2D eigenvalue weighted by molar-refractivity contribution is 7.92. The Morgan fingerprint density at radius 3 is 2.21 bits per heavy atom. The van der Waals surface area contributed by atoms with Crippen molar-refractivity contribution in [1.29, 1.82) is 0 Å². The molecule has 0 atom stereocenters. The summed E-state index contributed by atoms with van der Waals surface area (Å²) in [7, 11) is -3.89. The van der Waals surface area contributed by atoms with Gasteiger partial charge in [0.15, 0.2) is 0 Å². The molecule has 4 N–H and O–H groups in total. The van der Waals surface area contributed by atoms with Crippen LogP contribution in [0.4, 0.5) is 15.1 Å². The summed E-state index contributed by atoms with van der Waals surface area (Å²) >= 11 is 1.16. The third-order valence-corrected chi connectivity index (χ3v) is 5.91. The van der Waals surface area contributed by atoms with E-state index in [2.05, 4.69) is 10.0 Å². The predicted octanol–water partition coefficient (Wildman–Crippen LogP) is 3.04. The number of anilines is 2. The molecule has 10 heteroatoms. The Kier molecular flexibility index (Phi) is 5.43. The number of nitrogens with one attached hydrogen (secondary N) is 2. The van der Waals surface area contributed by atoms with E-state index >= 15 is 0 Å². The third-order valence-electron chi connectivity index (χ3n) is 3.68. The first-order valence-electron chi connectivity index (χ1n) is 7.83. The van der Waals surface area contributed by atoms with Crippen LogP contribution in [-0.2, 0) is 10.0 Å². The largest absolute Gasteiger partial charge is 0.366 e. The molecule has 0 unspecified atom stereocenters. The summed E-state index contributed by atoms with van der Waals surface area (Å²) in [6.45, 7) is 0. The van der Waals surface area contributed by atoms with Crippen molar-refractivity contribution in [3.8, 4) is 0 Å². The molecule has 0 radical (unpaired) electrons. The van der Waals surface area contributed by atoms with Crippen molar-refractivity contribution in [2.24, 2.45) is 5.73 Å². The average molecular weight is 419 g/mol. The molecular weight excluding hydrogens is 405 g/mol. The van der Waals surface area contributed by atoms with Crippen molar-refractivity contribution < 1.29 is 22.4 Å². The van der Waals surface area contributed by atoms with Gasteiger partial charge in [0.1, 0.15) is 10.8 Å². The van der Waals surface area contributed by atoms with Gasteiger partial charge in [0, 0.05) is 11.3 Å². The average Bonchev–Trinajstić information content (AvgIpc) is 3.10. The van der Waals surface area contributed by atoms with Crippen LogP contribution in [-0.4, -0.2) is 20.2 Å². The maximum atomic E-state index is 12.9. The Labute approximate surface area is 164 Å². The SMILES string of the molecule is NC(=O)c1ccsc1NC(=O)c1ccc(NS(=O)(=O)c2ccc(F)cc2)cc1. The molecule has 0 bridgehead atoms. The molecule has 0 saturated heterocycles. The van der Waals surface area contributed by atoms with Crippen LogP contribution < -0.4 is 15.8 Å². The molecule has 2 amide bonds. The van der Waals surface area contributed by atoms with Gasteiger partial charge >= 0.3 is 0 Å². The summed E-state index contributed by atoms with van der Waals surface area (Å²) in [5.74, 6) is -1.67. The minimum absolute atomic E-state index is 0.0904. The number of hydrogen-bond acceptors (Lipinski definition) is 5. The maximum absolute atomic E-state index is 12.9. The summed E-state index contributed by atoms with van der Waals surface area (Å²) in [6.07, 6.45) is 0. The maximum Gasteiger partial charge on any atom is 0.261 e. The number of hydrogen-bond donors (Lipinski definition) is 3. The van der Waals surface area contributed by atoms with Gasteiger partial charge in [0.2, 0.25) is 0 Å². The van der Waals surface area contributed by atoms with Gasteiger partial charge in [-0.25, -0.2) is 12.8 Å². The molecular formula is C18H14FN3O4S2. The number of amides is 2. The number of primary amides is 1. The zero-order valence-electron chi connectivity index (χ0n) is 14.2. The predicted molar refractivity (Wildman–Crippen MR) is 104 cm³/mol. The highest BCUT2D eigenvalue weighted by Gasteiger charge is 2.16. The number of sulfonamides is 1. The molecule has 3 aromatic rings. The van der Waals surface area contributed by atoms with Crippen LogP contribution >= 0.6 is 11.3 Å². The van der Waals surface area contributed by atoms with E-state index in [0.29, 0.717) is 5.00 Å². The lowest BCUT2D eigenvalue weighted by atomic mass is 10.2. The quantitative estimate of drug-likeness (QED) is 0.569. The van der Waals surface area contributed by atoms with Crippen molar-refractivity contribution in [1.82, 2.24) is 0 Å². The number of benzene rings is 2. The van der Waals surface area contributed by atoms with Gasteiger partial charge in [-0.05, 0) is 60.0 Å². The number of thiophene rings is 1. The van der Waals surface area contributed by atoms with Gasteiger partial charge in [-0.3, -0.25) is 14.3 Å². The van der Waals surface area contributed by atoms with Crippen molar-refractivity contribution >= 4 is 43.9 Å². The van der Waals surface area contributed by atoms with Crippen LogP contribution in [0.5, 0.6) is 0 Å². The Morgan fingerprint density at radius 2 is 1.61 bits per heavy atom. The molecule has 0 aliphatic carbocycles. The second-order valence-corrected chi connectivity index (χ2v) is 8.22. The first kappa shape index (κ1) is 19.5. The van der Waals surface area contributed by atoms with E-state index in [1.807, 2.05) is 0 Å². The van der Waals surface area contributed by atoms with Crippen molar-refractivity contribution in [2.75, 3.05) is 10.0 Å². The third kappa shape index (κ3) is 4.35. The zero-order valence-corrected chi connectivity index (χ0v) is 15.8. The first-order chi connectivity index (χ1) is 13.3. The fourth-order valence-corrected chi connectivity index (χ4v) is 4.14. The minimum Gasteiger partial charge on any atom is -0.366 e. The summed E-state index contributed by atoms with van der Waals surface area (Å²) in [4.78, 5) is 23.5. The van der Waals surface area contributed by atoms with Gasteiger partial charge in [-0.2, -0.15) is 0 Å². The van der Waals surface area contributed by atoms with E-state index in [0.717, 1.165) is 35.6 Å². The Bertz CT molecular complexity index is 1120. The molecule has 0 saturated carbocycles. The van der Waals surface area contributed by atoms with Crippen LogP contribution in [0.1, 0.15) is 20.7 Å². The molecule has 2 aromatic carbocycles. The summed E-state index contributed by atoms with van der Waals surface area (Å²) in [5.41, 5.74) is 5.94. The van der Waals surface area contributed by atoms with E-state index in [1.165, 1.54) is 30.3 Å². The Hall–Kier alpha value is -3.24. The molecule has 0 aliphatic heterocycles. The molecule has 0 aliphatic rings. The van der Waals surface area contributed by atoms with E-state index in [9.17, 15) is 22.4 Å². The summed E-state index contributed by atoms with van der Waals surface area (Å²) in [6, 6.07) is 11.6. The zero-order chi connectivity index (χ0) is 20.3. The smallest absolute Gasteiger partial charge is 0.261 e. The normalized spacial score (nSPS) is 11.0. The molecule has 0 fully saturated rings. The fourth-order valence-electron chi connectivity index (χ4n) is 2.29. The van der Waals surface area contributed by atoms with E-state index < -0.39 is 27.7 Å². The van der Waals surface area contributed by atoms with E-state index in [-0.39, 0.29) is 21.7 Å². The van der Waals surface area contributed by atoms with Crippen LogP contribution in [0, 0.1) is 5.82 Å². The molecule has 7 nitrogen and oxygen atoms in total. The Balaban J connectivity index is 1.72. The van der Waals surface area contributed by atoms with Crippen molar-refractivity contribution in [3.05, 3.63) is 76.9 Å². The Morgan fingerprint density at radius 1 is 0.964 bits per heavy atom. The van der Waals surface area contributed by atoms with Gasteiger partial charge in [-0.1, -0.05) is 0 Å².